The topological polar surface area (TPSA) is 134 Å². The van der Waals surface area contributed by atoms with Crippen LogP contribution >= 0.6 is 0 Å². The SMILES string of the molecule is N#Cc1ccc(-n2nc(C#N)c(OC3CCN(c4ncc(C(F)(F)F)cn4)CC3)cc2=O)cn1. The molecule has 34 heavy (non-hydrogen) atoms. The Bertz CT molecular complexity index is 1320. The average Bonchev–Trinajstić information content (AvgIpc) is 2.84. The van der Waals surface area contributed by atoms with Gasteiger partial charge in [0.2, 0.25) is 11.6 Å². The van der Waals surface area contributed by atoms with Crippen molar-refractivity contribution in [3.63, 3.8) is 0 Å². The summed E-state index contributed by atoms with van der Waals surface area (Å²) in [6.45, 7) is 0.832. The number of ether oxygens (including phenoxy) is 1. The summed E-state index contributed by atoms with van der Waals surface area (Å²) in [5.41, 5.74) is -1.10. The largest absolute Gasteiger partial charge is 0.487 e. The highest BCUT2D eigenvalue weighted by Crippen LogP contribution is 2.29. The van der Waals surface area contributed by atoms with Gasteiger partial charge in [0.1, 0.15) is 23.9 Å². The molecule has 13 heteroatoms. The summed E-state index contributed by atoms with van der Waals surface area (Å²) in [7, 11) is 0. The number of anilines is 1. The Kier molecular flexibility index (Phi) is 6.10. The van der Waals surface area contributed by atoms with E-state index in [0.29, 0.717) is 25.9 Å². The molecule has 0 saturated carbocycles. The van der Waals surface area contributed by atoms with Gasteiger partial charge in [0.25, 0.3) is 5.56 Å². The predicted molar refractivity (Wildman–Crippen MR) is 110 cm³/mol. The van der Waals surface area contributed by atoms with Crippen LogP contribution in [0.25, 0.3) is 5.69 Å². The zero-order chi connectivity index (χ0) is 24.3. The minimum atomic E-state index is -4.50. The number of alkyl halides is 3. The number of nitrogens with zero attached hydrogens (tertiary/aromatic N) is 8. The summed E-state index contributed by atoms with van der Waals surface area (Å²) in [4.78, 5) is 25.8. The fraction of sp³-hybridized carbons (Fsp3) is 0.286. The second-order valence-corrected chi connectivity index (χ2v) is 7.31. The Balaban J connectivity index is 1.44. The van der Waals surface area contributed by atoms with Crippen LogP contribution in [0.3, 0.4) is 0 Å². The quantitative estimate of drug-likeness (QED) is 0.565. The smallest absolute Gasteiger partial charge is 0.419 e. The van der Waals surface area contributed by atoms with Crippen molar-refractivity contribution >= 4 is 5.95 Å². The number of halogens is 3. The molecule has 0 aromatic carbocycles. The molecule has 0 bridgehead atoms. The minimum absolute atomic E-state index is 0.0367. The zero-order valence-corrected chi connectivity index (χ0v) is 17.4. The number of hydrogen-bond donors (Lipinski definition) is 0. The number of aromatic nitrogens is 5. The van der Waals surface area contributed by atoms with Crippen LogP contribution in [0.1, 0.15) is 29.8 Å². The molecule has 1 aliphatic rings. The van der Waals surface area contributed by atoms with Gasteiger partial charge in [-0.05, 0) is 12.1 Å². The first-order valence-electron chi connectivity index (χ1n) is 10.0. The van der Waals surface area contributed by atoms with Crippen molar-refractivity contribution < 1.29 is 17.9 Å². The first-order valence-corrected chi connectivity index (χ1v) is 10.0. The maximum absolute atomic E-state index is 12.7. The van der Waals surface area contributed by atoms with E-state index >= 15 is 0 Å². The Morgan fingerprint density at radius 2 is 1.74 bits per heavy atom. The second kappa shape index (κ2) is 9.15. The van der Waals surface area contributed by atoms with Crippen molar-refractivity contribution in [3.05, 3.63) is 64.1 Å². The molecule has 0 radical (unpaired) electrons. The maximum atomic E-state index is 12.7. The molecule has 0 spiro atoms. The summed E-state index contributed by atoms with van der Waals surface area (Å²) >= 11 is 0. The number of hydrogen-bond acceptors (Lipinski definition) is 9. The second-order valence-electron chi connectivity index (χ2n) is 7.31. The van der Waals surface area contributed by atoms with E-state index in [2.05, 4.69) is 20.1 Å². The highest BCUT2D eigenvalue weighted by atomic mass is 19.4. The lowest BCUT2D eigenvalue weighted by molar-refractivity contribution is -0.138. The Hall–Kier alpha value is -4.52. The third-order valence-electron chi connectivity index (χ3n) is 5.09. The van der Waals surface area contributed by atoms with Gasteiger partial charge in [-0.3, -0.25) is 4.79 Å². The summed E-state index contributed by atoms with van der Waals surface area (Å²) in [5.74, 6) is 0.221. The lowest BCUT2D eigenvalue weighted by Crippen LogP contribution is -2.39. The summed E-state index contributed by atoms with van der Waals surface area (Å²) < 4.78 is 44.9. The fourth-order valence-corrected chi connectivity index (χ4v) is 3.35. The van der Waals surface area contributed by atoms with E-state index in [9.17, 15) is 23.2 Å². The van der Waals surface area contributed by atoms with Gasteiger partial charge in [-0.1, -0.05) is 0 Å². The van der Waals surface area contributed by atoms with Gasteiger partial charge in [0, 0.05) is 38.3 Å². The van der Waals surface area contributed by atoms with Crippen molar-refractivity contribution in [3.8, 4) is 23.6 Å². The normalized spacial score (nSPS) is 14.3. The molecule has 0 amide bonds. The lowest BCUT2D eigenvalue weighted by atomic mass is 10.1. The molecule has 4 rings (SSSR count). The molecule has 0 N–H and O–H groups in total. The molecule has 172 valence electrons. The van der Waals surface area contributed by atoms with E-state index in [1.807, 2.05) is 12.1 Å². The maximum Gasteiger partial charge on any atom is 0.419 e. The molecule has 10 nitrogen and oxygen atoms in total. The van der Waals surface area contributed by atoms with Crippen LogP contribution in [0.5, 0.6) is 5.75 Å². The van der Waals surface area contributed by atoms with Crippen LogP contribution in [0, 0.1) is 22.7 Å². The van der Waals surface area contributed by atoms with E-state index in [0.717, 1.165) is 23.1 Å². The van der Waals surface area contributed by atoms with Gasteiger partial charge in [0.15, 0.2) is 5.75 Å². The van der Waals surface area contributed by atoms with Crippen LogP contribution in [-0.2, 0) is 6.18 Å². The highest BCUT2D eigenvalue weighted by Gasteiger charge is 2.32. The lowest BCUT2D eigenvalue weighted by Gasteiger charge is -2.32. The average molecular weight is 468 g/mol. The number of nitriles is 2. The third-order valence-corrected chi connectivity index (χ3v) is 5.09. The first kappa shape index (κ1) is 22.7. The van der Waals surface area contributed by atoms with E-state index in [4.69, 9.17) is 10.00 Å². The van der Waals surface area contributed by atoms with Gasteiger partial charge in [0.05, 0.1) is 23.5 Å². The minimum Gasteiger partial charge on any atom is -0.487 e. The van der Waals surface area contributed by atoms with Gasteiger partial charge in [-0.15, -0.1) is 5.10 Å². The van der Waals surface area contributed by atoms with Crippen LogP contribution in [0.4, 0.5) is 19.1 Å². The highest BCUT2D eigenvalue weighted by molar-refractivity contribution is 5.39. The van der Waals surface area contributed by atoms with Gasteiger partial charge in [-0.2, -0.15) is 28.4 Å². The third kappa shape index (κ3) is 4.78. The number of pyridine rings is 1. The van der Waals surface area contributed by atoms with Crippen molar-refractivity contribution in [2.45, 2.75) is 25.1 Å². The van der Waals surface area contributed by atoms with E-state index in [-0.39, 0.29) is 34.9 Å². The van der Waals surface area contributed by atoms with E-state index in [1.54, 1.807) is 4.90 Å². The number of piperidine rings is 1. The van der Waals surface area contributed by atoms with Gasteiger partial charge < -0.3 is 9.64 Å². The molecule has 0 aliphatic carbocycles. The number of rotatable bonds is 4. The summed E-state index contributed by atoms with van der Waals surface area (Å²) in [5, 5.41) is 22.4. The van der Waals surface area contributed by atoms with Gasteiger partial charge in [-0.25, -0.2) is 15.0 Å². The predicted octanol–water partition coefficient (Wildman–Crippen LogP) is 2.23. The molecule has 0 atom stereocenters. The standard InChI is InChI=1S/C21H15F3N8O2/c22-21(23,24)13-10-28-20(29-11-13)31-5-3-16(4-6-31)34-18-7-19(33)32(30-17(18)9-26)15-2-1-14(8-25)27-12-15/h1-2,7,10-12,16H,3-6H2. The molecular weight excluding hydrogens is 453 g/mol. The molecule has 3 aromatic heterocycles. The van der Waals surface area contributed by atoms with Gasteiger partial charge >= 0.3 is 6.18 Å². The zero-order valence-electron chi connectivity index (χ0n) is 17.4. The molecule has 1 saturated heterocycles. The summed E-state index contributed by atoms with van der Waals surface area (Å²) in [6, 6.07) is 7.85. The Morgan fingerprint density at radius 3 is 2.29 bits per heavy atom. The summed E-state index contributed by atoms with van der Waals surface area (Å²) in [6.07, 6.45) is -1.12. The Labute approximate surface area is 190 Å². The fourth-order valence-electron chi connectivity index (χ4n) is 3.35. The first-order chi connectivity index (χ1) is 16.3. The van der Waals surface area contributed by atoms with E-state index < -0.39 is 17.3 Å². The van der Waals surface area contributed by atoms with E-state index in [1.165, 1.54) is 18.3 Å². The van der Waals surface area contributed by atoms with Crippen molar-refractivity contribution in [1.29, 1.82) is 10.5 Å². The Morgan fingerprint density at radius 1 is 1.03 bits per heavy atom. The molecule has 3 aromatic rings. The monoisotopic (exact) mass is 468 g/mol. The molecular formula is C21H15F3N8O2. The van der Waals surface area contributed by atoms with Crippen molar-refractivity contribution in [2.75, 3.05) is 18.0 Å². The van der Waals surface area contributed by atoms with Crippen LogP contribution in [0.15, 0.2) is 41.6 Å². The molecule has 0 unspecified atom stereocenters. The van der Waals surface area contributed by atoms with Crippen LogP contribution < -0.4 is 15.2 Å². The van der Waals surface area contributed by atoms with Crippen molar-refractivity contribution in [1.82, 2.24) is 24.7 Å². The van der Waals surface area contributed by atoms with Crippen molar-refractivity contribution in [2.24, 2.45) is 0 Å². The molecule has 1 aliphatic heterocycles. The molecule has 1 fully saturated rings. The van der Waals surface area contributed by atoms with Crippen LogP contribution in [-0.4, -0.2) is 43.9 Å². The molecule has 4 heterocycles. The van der Waals surface area contributed by atoms with Crippen LogP contribution in [0.2, 0.25) is 0 Å².